The van der Waals surface area contributed by atoms with Crippen molar-refractivity contribution < 1.29 is 13.2 Å². The standard InChI is InChI=1S/C26H25N5O4S/c32-26-25(35-20-21-9-3-1-4-10-21)23(19-28-31(26)22-11-5-2-6-12-22)29-15-17-30(18-16-29)36(33,34)24-13-7-8-14-27-24/h1-14,19H,15-18,20H2. The number of benzene rings is 2. The third-order valence-corrected chi connectivity index (χ3v) is 7.78. The van der Waals surface area contributed by atoms with Gasteiger partial charge >= 0.3 is 5.56 Å². The van der Waals surface area contributed by atoms with Crippen LogP contribution in [0.1, 0.15) is 5.56 Å². The number of aromatic nitrogens is 3. The number of rotatable bonds is 7. The van der Waals surface area contributed by atoms with Crippen molar-refractivity contribution in [1.29, 1.82) is 0 Å². The average Bonchev–Trinajstić information content (AvgIpc) is 2.94. The van der Waals surface area contributed by atoms with Crippen molar-refractivity contribution in [2.45, 2.75) is 11.6 Å². The Balaban J connectivity index is 1.42. The zero-order valence-corrected chi connectivity index (χ0v) is 20.3. The van der Waals surface area contributed by atoms with E-state index in [0.717, 1.165) is 5.56 Å². The van der Waals surface area contributed by atoms with Gasteiger partial charge in [0.25, 0.3) is 10.0 Å². The van der Waals surface area contributed by atoms with Crippen LogP contribution < -0.4 is 15.2 Å². The van der Waals surface area contributed by atoms with Gasteiger partial charge in [0.15, 0.2) is 5.03 Å². The van der Waals surface area contributed by atoms with Crippen LogP contribution in [0.3, 0.4) is 0 Å². The van der Waals surface area contributed by atoms with Crippen LogP contribution in [-0.2, 0) is 16.6 Å². The molecule has 0 unspecified atom stereocenters. The first-order valence-corrected chi connectivity index (χ1v) is 13.0. The fraction of sp³-hybridized carbons (Fsp3) is 0.192. The van der Waals surface area contributed by atoms with E-state index in [1.807, 2.05) is 53.4 Å². The van der Waals surface area contributed by atoms with Gasteiger partial charge in [-0.1, -0.05) is 54.6 Å². The maximum absolute atomic E-state index is 13.5. The van der Waals surface area contributed by atoms with E-state index in [2.05, 4.69) is 10.1 Å². The molecule has 10 heteroatoms. The second-order valence-corrected chi connectivity index (χ2v) is 10.1. The number of pyridine rings is 1. The molecule has 0 saturated carbocycles. The van der Waals surface area contributed by atoms with E-state index in [0.29, 0.717) is 24.5 Å². The predicted molar refractivity (Wildman–Crippen MR) is 136 cm³/mol. The Labute approximate surface area is 209 Å². The molecule has 0 spiro atoms. The quantitative estimate of drug-likeness (QED) is 0.383. The summed E-state index contributed by atoms with van der Waals surface area (Å²) in [6, 6.07) is 23.6. The summed E-state index contributed by atoms with van der Waals surface area (Å²) in [7, 11) is -3.69. The zero-order chi connectivity index (χ0) is 25.0. The van der Waals surface area contributed by atoms with Crippen LogP contribution in [0.4, 0.5) is 5.69 Å². The highest BCUT2D eigenvalue weighted by Gasteiger charge is 2.31. The van der Waals surface area contributed by atoms with E-state index in [4.69, 9.17) is 4.74 Å². The van der Waals surface area contributed by atoms with Crippen LogP contribution in [0.25, 0.3) is 5.69 Å². The molecule has 9 nitrogen and oxygen atoms in total. The fourth-order valence-electron chi connectivity index (χ4n) is 4.07. The van der Waals surface area contributed by atoms with Crippen molar-refractivity contribution in [3.8, 4) is 11.4 Å². The lowest BCUT2D eigenvalue weighted by molar-refractivity contribution is 0.297. The average molecular weight is 504 g/mol. The van der Waals surface area contributed by atoms with Gasteiger partial charge in [-0.15, -0.1) is 0 Å². The number of anilines is 1. The molecule has 36 heavy (non-hydrogen) atoms. The minimum absolute atomic E-state index is 0.0254. The lowest BCUT2D eigenvalue weighted by Crippen LogP contribution is -2.49. The van der Waals surface area contributed by atoms with Crippen molar-refractivity contribution in [2.75, 3.05) is 31.1 Å². The minimum atomic E-state index is -3.69. The van der Waals surface area contributed by atoms with Gasteiger partial charge in [0.1, 0.15) is 12.3 Å². The molecule has 3 heterocycles. The number of hydrogen-bond acceptors (Lipinski definition) is 7. The van der Waals surface area contributed by atoms with Crippen LogP contribution in [0.2, 0.25) is 0 Å². The van der Waals surface area contributed by atoms with Crippen molar-refractivity contribution in [3.05, 3.63) is 107 Å². The first-order chi connectivity index (χ1) is 17.5. The minimum Gasteiger partial charge on any atom is -0.481 e. The molecule has 2 aromatic heterocycles. The molecule has 5 rings (SSSR count). The number of piperazine rings is 1. The monoisotopic (exact) mass is 503 g/mol. The third-order valence-electron chi connectivity index (χ3n) is 5.96. The molecule has 1 aliphatic rings. The smallest absolute Gasteiger partial charge is 0.316 e. The largest absolute Gasteiger partial charge is 0.481 e. The molecule has 184 valence electrons. The molecular formula is C26H25N5O4S. The van der Waals surface area contributed by atoms with Crippen LogP contribution in [-0.4, -0.2) is 53.7 Å². The number of hydrogen-bond donors (Lipinski definition) is 0. The van der Waals surface area contributed by atoms with Gasteiger partial charge < -0.3 is 9.64 Å². The molecule has 1 saturated heterocycles. The molecule has 0 N–H and O–H groups in total. The summed E-state index contributed by atoms with van der Waals surface area (Å²) in [6.07, 6.45) is 3.07. The van der Waals surface area contributed by atoms with E-state index in [1.54, 1.807) is 30.5 Å². The highest BCUT2D eigenvalue weighted by Crippen LogP contribution is 2.27. The Bertz CT molecular complexity index is 1470. The van der Waals surface area contributed by atoms with Gasteiger partial charge in [-0.2, -0.15) is 14.1 Å². The Kier molecular flexibility index (Phi) is 6.79. The van der Waals surface area contributed by atoms with Gasteiger partial charge in [-0.05, 0) is 29.8 Å². The molecule has 0 amide bonds. The predicted octanol–water partition coefficient (Wildman–Crippen LogP) is 2.72. The van der Waals surface area contributed by atoms with E-state index < -0.39 is 10.0 Å². The van der Waals surface area contributed by atoms with Gasteiger partial charge in [-0.3, -0.25) is 4.79 Å². The Morgan fingerprint density at radius 1 is 0.833 bits per heavy atom. The summed E-state index contributed by atoms with van der Waals surface area (Å²) in [5.74, 6) is 0.179. The molecule has 0 bridgehead atoms. The molecule has 0 radical (unpaired) electrons. The SMILES string of the molecule is O=c1c(OCc2ccccc2)c(N2CCN(S(=O)(=O)c3ccccn3)CC2)cnn1-c1ccccc1. The summed E-state index contributed by atoms with van der Waals surface area (Å²) in [5, 5.41) is 4.42. The Morgan fingerprint density at radius 2 is 1.50 bits per heavy atom. The Hall–Kier alpha value is -4.02. The maximum atomic E-state index is 13.5. The van der Waals surface area contributed by atoms with Crippen LogP contribution in [0.5, 0.6) is 5.75 Å². The maximum Gasteiger partial charge on any atom is 0.316 e. The zero-order valence-electron chi connectivity index (χ0n) is 19.5. The summed E-state index contributed by atoms with van der Waals surface area (Å²) in [4.78, 5) is 19.4. The third kappa shape index (κ3) is 4.86. The summed E-state index contributed by atoms with van der Waals surface area (Å²) in [5.41, 5.74) is 1.72. The van der Waals surface area contributed by atoms with Crippen molar-refractivity contribution in [3.63, 3.8) is 0 Å². The molecule has 1 aliphatic heterocycles. The lowest BCUT2D eigenvalue weighted by atomic mass is 10.2. The summed E-state index contributed by atoms with van der Waals surface area (Å²) < 4.78 is 34.7. The van der Waals surface area contributed by atoms with Crippen LogP contribution >= 0.6 is 0 Å². The highest BCUT2D eigenvalue weighted by molar-refractivity contribution is 7.89. The van der Waals surface area contributed by atoms with Crippen LogP contribution in [0, 0.1) is 0 Å². The number of sulfonamides is 1. The van der Waals surface area contributed by atoms with E-state index in [-0.39, 0.29) is 36.0 Å². The number of nitrogens with zero attached hydrogens (tertiary/aromatic N) is 5. The first kappa shape index (κ1) is 23.7. The van der Waals surface area contributed by atoms with E-state index in [9.17, 15) is 13.2 Å². The second-order valence-electron chi connectivity index (χ2n) is 8.24. The van der Waals surface area contributed by atoms with E-state index >= 15 is 0 Å². The molecule has 0 aliphatic carbocycles. The summed E-state index contributed by atoms with van der Waals surface area (Å²) >= 11 is 0. The molecule has 2 aromatic carbocycles. The van der Waals surface area contributed by atoms with Gasteiger partial charge in [0.2, 0.25) is 5.75 Å². The van der Waals surface area contributed by atoms with E-state index in [1.165, 1.54) is 21.3 Å². The molecular weight excluding hydrogens is 478 g/mol. The first-order valence-electron chi connectivity index (χ1n) is 11.5. The number of para-hydroxylation sites is 1. The normalized spacial score (nSPS) is 14.5. The van der Waals surface area contributed by atoms with Gasteiger partial charge in [0.05, 0.1) is 11.9 Å². The summed E-state index contributed by atoms with van der Waals surface area (Å²) in [6.45, 7) is 1.47. The van der Waals surface area contributed by atoms with Crippen LogP contribution in [0.15, 0.2) is 101 Å². The Morgan fingerprint density at radius 3 is 2.17 bits per heavy atom. The second kappa shape index (κ2) is 10.3. The van der Waals surface area contributed by atoms with Crippen molar-refractivity contribution >= 4 is 15.7 Å². The van der Waals surface area contributed by atoms with Gasteiger partial charge in [-0.25, -0.2) is 13.4 Å². The molecule has 0 atom stereocenters. The molecule has 4 aromatic rings. The topological polar surface area (TPSA) is 97.6 Å². The molecule has 1 fully saturated rings. The number of ether oxygens (including phenoxy) is 1. The highest BCUT2D eigenvalue weighted by atomic mass is 32.2. The van der Waals surface area contributed by atoms with Crippen molar-refractivity contribution in [1.82, 2.24) is 19.1 Å². The van der Waals surface area contributed by atoms with Crippen molar-refractivity contribution in [2.24, 2.45) is 0 Å². The lowest BCUT2D eigenvalue weighted by Gasteiger charge is -2.35. The van der Waals surface area contributed by atoms with Gasteiger partial charge in [0, 0.05) is 32.4 Å². The fourth-order valence-corrected chi connectivity index (χ4v) is 5.43.